The van der Waals surface area contributed by atoms with Gasteiger partial charge in [-0.1, -0.05) is 18.6 Å². The van der Waals surface area contributed by atoms with Crippen LogP contribution in [0.3, 0.4) is 0 Å². The third-order valence-corrected chi connectivity index (χ3v) is 3.69. The Labute approximate surface area is 103 Å². The summed E-state index contributed by atoms with van der Waals surface area (Å²) in [6.07, 6.45) is 4.68. The Morgan fingerprint density at radius 2 is 2.29 bits per heavy atom. The molecule has 0 spiro atoms. The van der Waals surface area contributed by atoms with Gasteiger partial charge in [0.1, 0.15) is 5.75 Å². The van der Waals surface area contributed by atoms with Gasteiger partial charge in [0.15, 0.2) is 0 Å². The number of rotatable bonds is 4. The third-order valence-electron chi connectivity index (χ3n) is 3.69. The lowest BCUT2D eigenvalue weighted by Crippen LogP contribution is -2.47. The number of benzene rings is 1. The summed E-state index contributed by atoms with van der Waals surface area (Å²) < 4.78 is 5.31. The van der Waals surface area contributed by atoms with E-state index in [9.17, 15) is 0 Å². The molecule has 1 fully saturated rings. The number of ether oxygens (including phenoxy) is 1. The summed E-state index contributed by atoms with van der Waals surface area (Å²) in [6, 6.07) is 8.36. The largest absolute Gasteiger partial charge is 0.497 e. The second-order valence-electron chi connectivity index (χ2n) is 4.74. The SMILES string of the molecule is COc1cccc(C2(CCN)CCCCN2)c1. The Hall–Kier alpha value is -1.06. The lowest BCUT2D eigenvalue weighted by molar-refractivity contribution is 0.242. The summed E-state index contributed by atoms with van der Waals surface area (Å²) in [6.45, 7) is 1.79. The molecule has 1 unspecified atom stereocenters. The van der Waals surface area contributed by atoms with Gasteiger partial charge in [-0.15, -0.1) is 0 Å². The van der Waals surface area contributed by atoms with Crippen LogP contribution in [0.5, 0.6) is 5.75 Å². The summed E-state index contributed by atoms with van der Waals surface area (Å²) in [4.78, 5) is 0. The number of nitrogens with two attached hydrogens (primary N) is 1. The van der Waals surface area contributed by atoms with Crippen molar-refractivity contribution in [1.29, 1.82) is 0 Å². The first-order valence-corrected chi connectivity index (χ1v) is 6.40. The molecule has 0 aliphatic carbocycles. The van der Waals surface area contributed by atoms with E-state index >= 15 is 0 Å². The van der Waals surface area contributed by atoms with Crippen LogP contribution < -0.4 is 15.8 Å². The monoisotopic (exact) mass is 234 g/mol. The Morgan fingerprint density at radius 3 is 2.94 bits per heavy atom. The standard InChI is InChI=1S/C14H22N2O/c1-17-13-6-4-5-12(11-13)14(8-9-15)7-2-3-10-16-14/h4-6,11,16H,2-3,7-10,15H2,1H3. The topological polar surface area (TPSA) is 47.3 Å². The normalized spacial score (nSPS) is 24.6. The van der Waals surface area contributed by atoms with Gasteiger partial charge in [0.2, 0.25) is 0 Å². The van der Waals surface area contributed by atoms with Gasteiger partial charge < -0.3 is 15.8 Å². The molecule has 1 aliphatic heterocycles. The summed E-state index contributed by atoms with van der Waals surface area (Å²) >= 11 is 0. The molecule has 0 aromatic heterocycles. The summed E-state index contributed by atoms with van der Waals surface area (Å²) in [5.74, 6) is 0.922. The van der Waals surface area contributed by atoms with E-state index < -0.39 is 0 Å². The van der Waals surface area contributed by atoms with Gasteiger partial charge in [-0.3, -0.25) is 0 Å². The highest BCUT2D eigenvalue weighted by Crippen LogP contribution is 2.34. The van der Waals surface area contributed by atoms with Crippen molar-refractivity contribution in [3.8, 4) is 5.75 Å². The second kappa shape index (κ2) is 5.52. The smallest absolute Gasteiger partial charge is 0.119 e. The minimum atomic E-state index is 0.0571. The average Bonchev–Trinajstić information content (AvgIpc) is 2.40. The minimum absolute atomic E-state index is 0.0571. The number of hydrogen-bond donors (Lipinski definition) is 2. The highest BCUT2D eigenvalue weighted by atomic mass is 16.5. The molecular formula is C14H22N2O. The van der Waals surface area contributed by atoms with Gasteiger partial charge in [0, 0.05) is 5.54 Å². The molecule has 1 aromatic rings. The lowest BCUT2D eigenvalue weighted by atomic mass is 9.79. The van der Waals surface area contributed by atoms with Gasteiger partial charge >= 0.3 is 0 Å². The molecule has 0 radical (unpaired) electrons. The summed E-state index contributed by atoms with van der Waals surface area (Å²) in [7, 11) is 1.71. The molecule has 1 saturated heterocycles. The van der Waals surface area contributed by atoms with E-state index in [1.165, 1.54) is 18.4 Å². The second-order valence-corrected chi connectivity index (χ2v) is 4.74. The zero-order valence-corrected chi connectivity index (χ0v) is 10.5. The first kappa shape index (κ1) is 12.4. The number of piperidine rings is 1. The molecule has 3 nitrogen and oxygen atoms in total. The van der Waals surface area contributed by atoms with Crippen molar-refractivity contribution in [2.75, 3.05) is 20.2 Å². The van der Waals surface area contributed by atoms with E-state index in [1.54, 1.807) is 7.11 Å². The molecule has 0 bridgehead atoms. The Balaban J connectivity index is 2.30. The van der Waals surface area contributed by atoms with Crippen LogP contribution in [0.25, 0.3) is 0 Å². The highest BCUT2D eigenvalue weighted by Gasteiger charge is 2.32. The number of nitrogens with one attached hydrogen (secondary N) is 1. The van der Waals surface area contributed by atoms with Crippen LogP contribution in [0.15, 0.2) is 24.3 Å². The Morgan fingerprint density at radius 1 is 1.41 bits per heavy atom. The maximum absolute atomic E-state index is 5.78. The van der Waals surface area contributed by atoms with E-state index in [0.717, 1.165) is 25.1 Å². The van der Waals surface area contributed by atoms with Gasteiger partial charge in [0.05, 0.1) is 7.11 Å². The molecule has 1 aliphatic rings. The predicted molar refractivity (Wildman–Crippen MR) is 70.2 cm³/mol. The van der Waals surface area contributed by atoms with Crippen molar-refractivity contribution in [1.82, 2.24) is 5.32 Å². The van der Waals surface area contributed by atoms with Crippen molar-refractivity contribution in [2.45, 2.75) is 31.2 Å². The lowest BCUT2D eigenvalue weighted by Gasteiger charge is -2.39. The van der Waals surface area contributed by atoms with Gasteiger partial charge in [-0.25, -0.2) is 0 Å². The average molecular weight is 234 g/mol. The van der Waals surface area contributed by atoms with Gasteiger partial charge in [-0.2, -0.15) is 0 Å². The molecule has 1 aromatic carbocycles. The number of methoxy groups -OCH3 is 1. The van der Waals surface area contributed by atoms with Crippen LogP contribution in [-0.4, -0.2) is 20.2 Å². The fourth-order valence-electron chi connectivity index (χ4n) is 2.74. The first-order valence-electron chi connectivity index (χ1n) is 6.40. The van der Waals surface area contributed by atoms with Crippen LogP contribution in [-0.2, 0) is 5.54 Å². The van der Waals surface area contributed by atoms with Crippen molar-refractivity contribution in [3.63, 3.8) is 0 Å². The van der Waals surface area contributed by atoms with E-state index in [2.05, 4.69) is 23.5 Å². The minimum Gasteiger partial charge on any atom is -0.497 e. The third kappa shape index (κ3) is 2.61. The van der Waals surface area contributed by atoms with Crippen LogP contribution in [0, 0.1) is 0 Å². The maximum Gasteiger partial charge on any atom is 0.119 e. The highest BCUT2D eigenvalue weighted by molar-refractivity contribution is 5.34. The van der Waals surface area contributed by atoms with E-state index in [-0.39, 0.29) is 5.54 Å². The fraction of sp³-hybridized carbons (Fsp3) is 0.571. The molecule has 0 amide bonds. The van der Waals surface area contributed by atoms with Crippen LogP contribution in [0.2, 0.25) is 0 Å². The zero-order chi connectivity index (χ0) is 12.1. The quantitative estimate of drug-likeness (QED) is 0.838. The Bertz CT molecular complexity index is 353. The van der Waals surface area contributed by atoms with E-state index in [1.807, 2.05) is 6.07 Å². The molecule has 94 valence electrons. The molecule has 1 heterocycles. The predicted octanol–water partition coefficient (Wildman–Crippen LogP) is 2.01. The van der Waals surface area contributed by atoms with Crippen molar-refractivity contribution in [2.24, 2.45) is 5.73 Å². The molecule has 3 heteroatoms. The molecule has 1 atom stereocenters. The molecular weight excluding hydrogens is 212 g/mol. The molecule has 0 saturated carbocycles. The molecule has 3 N–H and O–H groups in total. The summed E-state index contributed by atoms with van der Waals surface area (Å²) in [5, 5.41) is 3.67. The van der Waals surface area contributed by atoms with E-state index in [4.69, 9.17) is 10.5 Å². The van der Waals surface area contributed by atoms with Crippen LogP contribution in [0.4, 0.5) is 0 Å². The zero-order valence-electron chi connectivity index (χ0n) is 10.5. The van der Waals surface area contributed by atoms with Gasteiger partial charge in [-0.05, 0) is 50.0 Å². The fourth-order valence-corrected chi connectivity index (χ4v) is 2.74. The summed E-state index contributed by atoms with van der Waals surface area (Å²) in [5.41, 5.74) is 7.15. The van der Waals surface area contributed by atoms with Gasteiger partial charge in [0.25, 0.3) is 0 Å². The maximum atomic E-state index is 5.78. The van der Waals surface area contributed by atoms with Crippen LogP contribution in [0.1, 0.15) is 31.2 Å². The number of hydrogen-bond acceptors (Lipinski definition) is 3. The van der Waals surface area contributed by atoms with Crippen LogP contribution >= 0.6 is 0 Å². The Kier molecular flexibility index (Phi) is 4.02. The van der Waals surface area contributed by atoms with Crippen molar-refractivity contribution in [3.05, 3.63) is 29.8 Å². The first-order chi connectivity index (χ1) is 8.30. The van der Waals surface area contributed by atoms with E-state index in [0.29, 0.717) is 6.54 Å². The molecule has 2 rings (SSSR count). The van der Waals surface area contributed by atoms with Crippen molar-refractivity contribution < 1.29 is 4.74 Å². The molecule has 17 heavy (non-hydrogen) atoms. The van der Waals surface area contributed by atoms with Crippen molar-refractivity contribution >= 4 is 0 Å².